The first-order chi connectivity index (χ1) is 13.2. The van der Waals surface area contributed by atoms with Crippen LogP contribution in [0.2, 0.25) is 10.0 Å². The molecule has 1 heterocycles. The van der Waals surface area contributed by atoms with Crippen LogP contribution in [0.4, 0.5) is 13.2 Å². The number of alkyl halides is 3. The molecule has 0 spiro atoms. The van der Waals surface area contributed by atoms with Gasteiger partial charge in [0.05, 0.1) is 27.6 Å². The maximum absolute atomic E-state index is 13.7. The van der Waals surface area contributed by atoms with Crippen LogP contribution in [0.25, 0.3) is 0 Å². The predicted octanol–water partition coefficient (Wildman–Crippen LogP) is 5.90. The van der Waals surface area contributed by atoms with Crippen molar-refractivity contribution in [3.8, 4) is 0 Å². The number of carboxylic acid groups (broad SMARTS) is 1. The van der Waals surface area contributed by atoms with Gasteiger partial charge in [-0.25, -0.2) is 0 Å². The molecule has 3 nitrogen and oxygen atoms in total. The zero-order valence-corrected chi connectivity index (χ0v) is 16.2. The lowest BCUT2D eigenvalue weighted by Gasteiger charge is -2.38. The number of nitrogens with zero attached hydrogens (tertiary/aromatic N) is 1. The summed E-state index contributed by atoms with van der Waals surface area (Å²) >= 11 is 12.5. The van der Waals surface area contributed by atoms with E-state index in [4.69, 9.17) is 23.2 Å². The van der Waals surface area contributed by atoms with Crippen molar-refractivity contribution in [1.29, 1.82) is 0 Å². The number of hydrogen-bond acceptors (Lipinski definition) is 2. The number of carbonyl (C=O) groups is 1. The van der Waals surface area contributed by atoms with E-state index in [1.165, 1.54) is 12.1 Å². The number of carboxylic acids is 1. The molecule has 150 valence electrons. The lowest BCUT2D eigenvalue weighted by atomic mass is 9.89. The first kappa shape index (κ1) is 21.0. The van der Waals surface area contributed by atoms with E-state index in [0.29, 0.717) is 31.5 Å². The topological polar surface area (TPSA) is 40.5 Å². The molecule has 1 unspecified atom stereocenters. The van der Waals surface area contributed by atoms with Crippen molar-refractivity contribution < 1.29 is 23.1 Å². The fourth-order valence-corrected chi connectivity index (χ4v) is 4.10. The highest BCUT2D eigenvalue weighted by molar-refractivity contribution is 6.42. The normalized spacial score (nSPS) is 17.5. The van der Waals surface area contributed by atoms with Crippen LogP contribution in [-0.4, -0.2) is 29.1 Å². The van der Waals surface area contributed by atoms with Crippen LogP contribution in [0.3, 0.4) is 0 Å². The van der Waals surface area contributed by atoms with Crippen molar-refractivity contribution in [2.45, 2.75) is 25.1 Å². The van der Waals surface area contributed by atoms with Crippen LogP contribution in [0.15, 0.2) is 42.5 Å². The van der Waals surface area contributed by atoms with Crippen molar-refractivity contribution in [3.05, 3.63) is 69.2 Å². The van der Waals surface area contributed by atoms with Crippen LogP contribution < -0.4 is 0 Å². The van der Waals surface area contributed by atoms with Gasteiger partial charge in [0.15, 0.2) is 0 Å². The standard InChI is InChI=1S/C20H18Cl2F3NO2/c21-16-7-3-5-14(17(16)22)18(26-10-8-12(9-11-26)19(27)28)13-4-1-2-6-15(13)20(23,24)25/h1-7,12,18H,8-11H2,(H,27,28). The maximum Gasteiger partial charge on any atom is 0.416 e. The average Bonchev–Trinajstić information content (AvgIpc) is 2.65. The Balaban J connectivity index is 2.10. The minimum absolute atomic E-state index is 0.0768. The molecule has 0 saturated carbocycles. The summed E-state index contributed by atoms with van der Waals surface area (Å²) in [5.74, 6) is -1.38. The molecule has 28 heavy (non-hydrogen) atoms. The summed E-state index contributed by atoms with van der Waals surface area (Å²) in [6.45, 7) is 0.688. The summed E-state index contributed by atoms with van der Waals surface area (Å²) in [5, 5.41) is 9.68. The second-order valence-electron chi connectivity index (χ2n) is 6.78. The molecule has 1 saturated heterocycles. The second kappa shape index (κ2) is 8.31. The van der Waals surface area contributed by atoms with E-state index < -0.39 is 29.7 Å². The summed E-state index contributed by atoms with van der Waals surface area (Å²) in [4.78, 5) is 13.1. The van der Waals surface area contributed by atoms with E-state index in [1.54, 1.807) is 24.3 Å². The van der Waals surface area contributed by atoms with Gasteiger partial charge in [-0.1, -0.05) is 53.5 Å². The highest BCUT2D eigenvalue weighted by Crippen LogP contribution is 2.43. The Bertz CT molecular complexity index is 865. The highest BCUT2D eigenvalue weighted by atomic mass is 35.5. The Labute approximate surface area is 170 Å². The van der Waals surface area contributed by atoms with Gasteiger partial charge in [0, 0.05) is 0 Å². The summed E-state index contributed by atoms with van der Waals surface area (Å²) in [7, 11) is 0. The van der Waals surface area contributed by atoms with Crippen molar-refractivity contribution in [3.63, 3.8) is 0 Å². The molecule has 1 aliphatic heterocycles. The zero-order valence-electron chi connectivity index (χ0n) is 14.7. The first-order valence-electron chi connectivity index (χ1n) is 8.77. The van der Waals surface area contributed by atoms with E-state index in [9.17, 15) is 23.1 Å². The quantitative estimate of drug-likeness (QED) is 0.654. The molecule has 1 N–H and O–H groups in total. The van der Waals surface area contributed by atoms with Crippen molar-refractivity contribution in [2.75, 3.05) is 13.1 Å². The molecular weight excluding hydrogens is 414 g/mol. The van der Waals surface area contributed by atoms with Gasteiger partial charge in [-0.05, 0) is 49.2 Å². The van der Waals surface area contributed by atoms with Crippen molar-refractivity contribution in [1.82, 2.24) is 4.90 Å². The van der Waals surface area contributed by atoms with E-state index in [0.717, 1.165) is 6.07 Å². The number of piperidine rings is 1. The van der Waals surface area contributed by atoms with E-state index >= 15 is 0 Å². The predicted molar refractivity (Wildman–Crippen MR) is 102 cm³/mol. The Morgan fingerprint density at radius 3 is 2.25 bits per heavy atom. The minimum atomic E-state index is -4.53. The SMILES string of the molecule is O=C(O)C1CCN(C(c2ccccc2C(F)(F)F)c2cccc(Cl)c2Cl)CC1. The largest absolute Gasteiger partial charge is 0.481 e. The third-order valence-electron chi connectivity index (χ3n) is 5.08. The molecule has 0 amide bonds. The van der Waals surface area contributed by atoms with Gasteiger partial charge < -0.3 is 5.11 Å². The van der Waals surface area contributed by atoms with Gasteiger partial charge in [0.2, 0.25) is 0 Å². The Morgan fingerprint density at radius 2 is 1.64 bits per heavy atom. The van der Waals surface area contributed by atoms with Crippen LogP contribution in [0.1, 0.15) is 35.6 Å². The molecule has 0 radical (unpaired) electrons. The smallest absolute Gasteiger partial charge is 0.416 e. The van der Waals surface area contributed by atoms with Gasteiger partial charge in [0.25, 0.3) is 0 Å². The third-order valence-corrected chi connectivity index (χ3v) is 5.91. The monoisotopic (exact) mass is 431 g/mol. The minimum Gasteiger partial charge on any atom is -0.481 e. The van der Waals surface area contributed by atoms with Crippen molar-refractivity contribution in [2.24, 2.45) is 5.92 Å². The third kappa shape index (κ3) is 4.29. The van der Waals surface area contributed by atoms with Crippen LogP contribution in [0, 0.1) is 5.92 Å². The van der Waals surface area contributed by atoms with Gasteiger partial charge in [-0.2, -0.15) is 13.2 Å². The molecule has 2 aromatic rings. The van der Waals surface area contributed by atoms with Crippen LogP contribution >= 0.6 is 23.2 Å². The van der Waals surface area contributed by atoms with E-state index in [-0.39, 0.29) is 15.6 Å². The number of hydrogen-bond donors (Lipinski definition) is 1. The van der Waals surface area contributed by atoms with Gasteiger partial charge in [0.1, 0.15) is 0 Å². The van der Waals surface area contributed by atoms with Gasteiger partial charge in [-0.3, -0.25) is 9.69 Å². The number of aliphatic carboxylic acids is 1. The first-order valence-corrected chi connectivity index (χ1v) is 9.52. The molecule has 0 aromatic heterocycles. The molecule has 0 aliphatic carbocycles. The Kier molecular flexibility index (Phi) is 6.22. The molecule has 8 heteroatoms. The Morgan fingerprint density at radius 1 is 1.04 bits per heavy atom. The summed E-state index contributed by atoms with van der Waals surface area (Å²) in [6.07, 6.45) is -3.81. The van der Waals surface area contributed by atoms with Crippen molar-refractivity contribution >= 4 is 29.2 Å². The average molecular weight is 432 g/mol. The summed E-state index contributed by atoms with van der Waals surface area (Å²) in [6, 6.07) is 9.50. The molecular formula is C20H18Cl2F3NO2. The highest BCUT2D eigenvalue weighted by Gasteiger charge is 2.38. The van der Waals surface area contributed by atoms with Crippen LogP contribution in [0.5, 0.6) is 0 Å². The maximum atomic E-state index is 13.7. The summed E-state index contributed by atoms with van der Waals surface area (Å²) in [5.41, 5.74) is -0.191. The van der Waals surface area contributed by atoms with E-state index in [2.05, 4.69) is 0 Å². The fraction of sp³-hybridized carbons (Fsp3) is 0.350. The molecule has 1 aliphatic rings. The van der Waals surface area contributed by atoms with Gasteiger partial charge in [-0.15, -0.1) is 0 Å². The Hall–Kier alpha value is -1.76. The number of benzene rings is 2. The van der Waals surface area contributed by atoms with Gasteiger partial charge >= 0.3 is 12.1 Å². The molecule has 0 bridgehead atoms. The lowest BCUT2D eigenvalue weighted by molar-refractivity contribution is -0.143. The molecule has 3 rings (SSSR count). The molecule has 1 atom stereocenters. The lowest BCUT2D eigenvalue weighted by Crippen LogP contribution is -2.40. The molecule has 2 aromatic carbocycles. The zero-order chi connectivity index (χ0) is 20.5. The van der Waals surface area contributed by atoms with E-state index in [1.807, 2.05) is 4.90 Å². The number of likely N-dealkylation sites (tertiary alicyclic amines) is 1. The second-order valence-corrected chi connectivity index (χ2v) is 7.56. The summed E-state index contributed by atoms with van der Waals surface area (Å²) < 4.78 is 41.1. The number of halogens is 5. The number of rotatable bonds is 4. The van der Waals surface area contributed by atoms with Crippen LogP contribution in [-0.2, 0) is 11.0 Å². The fourth-order valence-electron chi connectivity index (χ4n) is 3.69. The molecule has 1 fully saturated rings.